The van der Waals surface area contributed by atoms with Gasteiger partial charge >= 0.3 is 0 Å². The van der Waals surface area contributed by atoms with Gasteiger partial charge in [-0.15, -0.1) is 10.6 Å². The Balaban J connectivity index is 1.48. The molecule has 0 radical (unpaired) electrons. The topological polar surface area (TPSA) is 119 Å². The highest BCUT2D eigenvalue weighted by Crippen LogP contribution is 2.50. The third kappa shape index (κ3) is 8.15. The van der Waals surface area contributed by atoms with Crippen molar-refractivity contribution in [1.82, 2.24) is 26.7 Å². The minimum atomic E-state index is -0.614. The molecule has 5 rings (SSSR count). The first-order valence-electron chi connectivity index (χ1n) is 17.1. The molecule has 1 spiro atoms. The van der Waals surface area contributed by atoms with Crippen LogP contribution in [0.5, 0.6) is 5.75 Å². The van der Waals surface area contributed by atoms with Crippen molar-refractivity contribution >= 4 is 23.4 Å². The van der Waals surface area contributed by atoms with Gasteiger partial charge in [-0.2, -0.15) is 0 Å². The number of hydrazone groups is 1. The third-order valence-electron chi connectivity index (χ3n) is 9.61. The Kier molecular flexibility index (Phi) is 10.0. The fraction of sp³-hybridized carbons (Fsp3) is 0.568. The second-order valence-corrected chi connectivity index (χ2v) is 15.8. The number of carbonyl (C=O) groups is 2. The van der Waals surface area contributed by atoms with E-state index in [0.717, 1.165) is 55.4 Å². The maximum Gasteiger partial charge on any atom is 0.275 e. The number of ether oxygens (including phenoxy) is 1. The minimum absolute atomic E-state index is 0.0236. The van der Waals surface area contributed by atoms with Crippen LogP contribution in [0.1, 0.15) is 121 Å². The van der Waals surface area contributed by atoms with Gasteiger partial charge in [0.05, 0.1) is 18.7 Å². The van der Waals surface area contributed by atoms with E-state index in [4.69, 9.17) is 9.73 Å². The van der Waals surface area contributed by atoms with Crippen molar-refractivity contribution < 1.29 is 14.3 Å². The lowest BCUT2D eigenvalue weighted by Crippen LogP contribution is -2.51. The maximum absolute atomic E-state index is 14.7. The number of nitrogens with one attached hydrogen (secondary N) is 4. The molecule has 1 saturated carbocycles. The molecule has 0 aromatic heterocycles. The van der Waals surface area contributed by atoms with Crippen molar-refractivity contribution in [3.8, 4) is 5.75 Å². The highest BCUT2D eigenvalue weighted by atomic mass is 16.5. The maximum atomic E-state index is 14.7. The summed E-state index contributed by atoms with van der Waals surface area (Å²) in [6.07, 6.45) is 5.47. The van der Waals surface area contributed by atoms with Crippen LogP contribution in [-0.4, -0.2) is 46.6 Å². The van der Waals surface area contributed by atoms with Crippen LogP contribution in [0.2, 0.25) is 0 Å². The molecule has 10 nitrogen and oxygen atoms in total. The third-order valence-corrected chi connectivity index (χ3v) is 9.61. The first kappa shape index (κ1) is 34.4. The van der Waals surface area contributed by atoms with Crippen molar-refractivity contribution in [2.75, 3.05) is 6.54 Å². The molecule has 1 atom stereocenters. The predicted octanol–water partition coefficient (Wildman–Crippen LogP) is 6.26. The zero-order chi connectivity index (χ0) is 34.0. The van der Waals surface area contributed by atoms with Gasteiger partial charge in [0.1, 0.15) is 17.1 Å². The first-order valence-corrected chi connectivity index (χ1v) is 17.1. The molecule has 0 saturated heterocycles. The van der Waals surface area contributed by atoms with E-state index >= 15 is 0 Å². The molecule has 254 valence electrons. The predicted molar refractivity (Wildman–Crippen MR) is 187 cm³/mol. The van der Waals surface area contributed by atoms with Gasteiger partial charge in [-0.1, -0.05) is 53.7 Å². The smallest absolute Gasteiger partial charge is 0.275 e. The number of benzene rings is 2. The summed E-state index contributed by atoms with van der Waals surface area (Å²) < 4.78 is 5.88. The summed E-state index contributed by atoms with van der Waals surface area (Å²) in [4.78, 5) is 35.2. The second kappa shape index (κ2) is 13.7. The first-order chi connectivity index (χ1) is 22.1. The van der Waals surface area contributed by atoms with Gasteiger partial charge < -0.3 is 15.0 Å². The molecule has 3 aliphatic rings. The summed E-state index contributed by atoms with van der Waals surface area (Å²) in [7, 11) is 0. The molecular weight excluding hydrogens is 590 g/mol. The summed E-state index contributed by atoms with van der Waals surface area (Å²) >= 11 is 0. The Morgan fingerprint density at radius 1 is 1.02 bits per heavy atom. The van der Waals surface area contributed by atoms with Crippen LogP contribution in [0, 0.1) is 16.7 Å². The number of amidine groups is 1. The van der Waals surface area contributed by atoms with Crippen LogP contribution in [0.3, 0.4) is 0 Å². The van der Waals surface area contributed by atoms with E-state index in [0.29, 0.717) is 23.0 Å². The van der Waals surface area contributed by atoms with Gasteiger partial charge in [0.2, 0.25) is 0 Å². The fourth-order valence-electron chi connectivity index (χ4n) is 6.94. The quantitative estimate of drug-likeness (QED) is 0.243. The molecular formula is C37H53N7O3. The molecule has 10 heteroatoms. The molecule has 4 N–H and O–H groups in total. The average Bonchev–Trinajstić information content (AvgIpc) is 3.63. The van der Waals surface area contributed by atoms with E-state index in [1.165, 1.54) is 0 Å². The molecule has 2 amide bonds. The average molecular weight is 644 g/mol. The largest absolute Gasteiger partial charge is 0.491 e. The molecule has 0 unspecified atom stereocenters. The molecule has 1 aliphatic carbocycles. The van der Waals surface area contributed by atoms with E-state index in [1.807, 2.05) is 62.4 Å². The Morgan fingerprint density at radius 3 is 2.23 bits per heavy atom. The van der Waals surface area contributed by atoms with Crippen molar-refractivity contribution in [3.05, 3.63) is 65.2 Å². The summed E-state index contributed by atoms with van der Waals surface area (Å²) in [5.74, 6) is 1.72. The van der Waals surface area contributed by atoms with E-state index in [9.17, 15) is 9.59 Å². The molecule has 1 fully saturated rings. The lowest BCUT2D eigenvalue weighted by atomic mass is 9.69. The van der Waals surface area contributed by atoms with Gasteiger partial charge in [0.15, 0.2) is 5.84 Å². The van der Waals surface area contributed by atoms with E-state index in [-0.39, 0.29) is 41.3 Å². The lowest BCUT2D eigenvalue weighted by Gasteiger charge is -2.47. The normalized spacial score (nSPS) is 22.1. The number of hydrogen-bond donors (Lipinski definition) is 4. The van der Waals surface area contributed by atoms with Crippen LogP contribution in [0.15, 0.2) is 58.6 Å². The van der Waals surface area contributed by atoms with Gasteiger partial charge in [-0.25, -0.2) is 5.53 Å². The SMILES string of the molecule is CC(C)Oc1ccc(C2=NC3(CCC(C(C)(C)C)CC3)N([C@H](CCC(C)(C)C)c3ccc(C(=O)NCC4=NNNN4)cc3)C2=O)cc1. The summed E-state index contributed by atoms with van der Waals surface area (Å²) in [5.41, 5.74) is 10.7. The number of hydrazine groups is 2. The van der Waals surface area contributed by atoms with Crippen LogP contribution in [0.25, 0.3) is 0 Å². The molecule has 47 heavy (non-hydrogen) atoms. The summed E-state index contributed by atoms with van der Waals surface area (Å²) in [6.45, 7) is 17.9. The van der Waals surface area contributed by atoms with Crippen LogP contribution in [-0.2, 0) is 4.79 Å². The highest BCUT2D eigenvalue weighted by Gasteiger charge is 2.52. The number of hydrogen-bond acceptors (Lipinski definition) is 8. The van der Waals surface area contributed by atoms with Gasteiger partial charge in [0.25, 0.3) is 11.8 Å². The second-order valence-electron chi connectivity index (χ2n) is 15.8. The Bertz CT molecular complexity index is 1480. The van der Waals surface area contributed by atoms with Gasteiger partial charge in [-0.3, -0.25) is 20.0 Å². The zero-order valence-corrected chi connectivity index (χ0v) is 29.4. The van der Waals surface area contributed by atoms with Crippen molar-refractivity contribution in [3.63, 3.8) is 0 Å². The highest BCUT2D eigenvalue weighted by molar-refractivity contribution is 6.46. The Morgan fingerprint density at radius 2 is 1.68 bits per heavy atom. The molecule has 0 bridgehead atoms. The van der Waals surface area contributed by atoms with Crippen molar-refractivity contribution in [2.24, 2.45) is 26.8 Å². The molecule has 2 heterocycles. The van der Waals surface area contributed by atoms with E-state index < -0.39 is 5.66 Å². The van der Waals surface area contributed by atoms with Crippen molar-refractivity contribution in [2.45, 2.75) is 112 Å². The van der Waals surface area contributed by atoms with Gasteiger partial charge in [0, 0.05) is 11.1 Å². The monoisotopic (exact) mass is 643 g/mol. The standard InChI is InChI=1S/C37H53N7O3/c1-24(2)47-29-15-13-26(14-16-29)32-34(46)44(37(39-32)21-17-28(18-22-37)36(6,7)8)30(19-20-35(3,4)5)25-9-11-27(12-10-25)33(45)38-23-31-40-42-43-41-31/h9-16,24,28,30,42-43H,17-23H2,1-8H3,(H,38,45)(H,40,41)/t28?,30-,37?/m1/s1. The fourth-order valence-corrected chi connectivity index (χ4v) is 6.94. The minimum Gasteiger partial charge on any atom is -0.491 e. The van der Waals surface area contributed by atoms with E-state index in [1.54, 1.807) is 0 Å². The Labute approximate surface area is 280 Å². The molecule has 2 aromatic rings. The Hall–Kier alpha value is -3.92. The van der Waals surface area contributed by atoms with Crippen molar-refractivity contribution in [1.29, 1.82) is 0 Å². The number of amides is 2. The van der Waals surface area contributed by atoms with E-state index in [2.05, 4.69) is 73.4 Å². The van der Waals surface area contributed by atoms with Gasteiger partial charge in [-0.05, 0) is 111 Å². The van der Waals surface area contributed by atoms with Crippen LogP contribution in [0.4, 0.5) is 0 Å². The summed E-state index contributed by atoms with van der Waals surface area (Å²) in [6, 6.07) is 15.3. The zero-order valence-electron chi connectivity index (χ0n) is 29.4. The number of aliphatic imine (C=N–C) groups is 1. The van der Waals surface area contributed by atoms with Crippen LogP contribution >= 0.6 is 0 Å². The molecule has 2 aromatic carbocycles. The lowest BCUT2D eigenvalue weighted by molar-refractivity contribution is -0.134. The number of carbonyl (C=O) groups excluding carboxylic acids is 2. The van der Waals surface area contributed by atoms with Crippen LogP contribution < -0.4 is 26.5 Å². The summed E-state index contributed by atoms with van der Waals surface area (Å²) in [5, 5.41) is 6.90. The molecule has 2 aliphatic heterocycles. The number of nitrogens with zero attached hydrogens (tertiary/aromatic N) is 3. The number of rotatable bonds is 10.